The Kier molecular flexibility index (Phi) is 8.99. The number of carbonyl (C=O) groups excluding carboxylic acids is 3. The smallest absolute Gasteiger partial charge is 0.240 e. The Morgan fingerprint density at radius 2 is 1.84 bits per heavy atom. The van der Waals surface area contributed by atoms with E-state index in [0.29, 0.717) is 5.69 Å². The molecule has 140 valence electrons. The fourth-order valence-corrected chi connectivity index (χ4v) is 1.91. The van der Waals surface area contributed by atoms with Crippen LogP contribution in [0.4, 0.5) is 5.69 Å². The molecule has 0 spiro atoms. The molecule has 0 aliphatic carbocycles. The van der Waals surface area contributed by atoms with Crippen molar-refractivity contribution in [3.05, 3.63) is 29.8 Å². The van der Waals surface area contributed by atoms with Gasteiger partial charge in [0.25, 0.3) is 0 Å². The summed E-state index contributed by atoms with van der Waals surface area (Å²) >= 11 is 0. The van der Waals surface area contributed by atoms with Crippen molar-refractivity contribution in [2.45, 2.75) is 32.4 Å². The SMILES string of the molecule is [B][C@H](NC(=O)C(N[C-]=O)C(C)C)C(=O)Nc1ccc(CON)cc1.[Fm]. The van der Waals surface area contributed by atoms with Gasteiger partial charge in [-0.05, 0) is 23.6 Å². The van der Waals surface area contributed by atoms with E-state index in [4.69, 9.17) is 13.7 Å². The normalized spacial score (nSPS) is 12.5. The first-order chi connectivity index (χ1) is 11.4. The van der Waals surface area contributed by atoms with Crippen LogP contribution < -0.4 is 21.8 Å². The fourth-order valence-electron chi connectivity index (χ4n) is 1.91. The van der Waals surface area contributed by atoms with Crippen LogP contribution in [0.5, 0.6) is 0 Å². The maximum absolute atomic E-state index is 12.0. The van der Waals surface area contributed by atoms with Gasteiger partial charge in [-0.1, -0.05) is 26.0 Å². The van der Waals surface area contributed by atoms with E-state index in [1.165, 1.54) is 6.41 Å². The van der Waals surface area contributed by atoms with Gasteiger partial charge >= 0.3 is 0 Å². The zero-order valence-corrected chi connectivity index (χ0v) is 16.2. The average molecular weight is 588 g/mol. The summed E-state index contributed by atoms with van der Waals surface area (Å²) in [7, 11) is 5.67. The van der Waals surface area contributed by atoms with E-state index < -0.39 is 23.8 Å². The molecule has 0 aliphatic rings. The first-order valence-corrected chi connectivity index (χ1v) is 7.29. The predicted molar refractivity (Wildman–Crippen MR) is 89.2 cm³/mol. The standard InChI is InChI=1S/C15H20BN4O4.Fm/c1-9(2)12(18-8-21)14(22)20-13(16)15(23)19-11-5-3-10(4-6-11)7-24-17;/h3-6,9,12-13H,7,17H2,1-2H3,(H,18,21)(H,19,23)(H,20,22);/q-1;/t12?,13-;/m1./s1. The van der Waals surface area contributed by atoms with Crippen molar-refractivity contribution < 1.29 is 19.2 Å². The molecule has 3 amide bonds. The summed E-state index contributed by atoms with van der Waals surface area (Å²) < 4.78 is 0. The van der Waals surface area contributed by atoms with Gasteiger partial charge < -0.3 is 20.7 Å². The monoisotopic (exact) mass is 588 g/mol. The average Bonchev–Trinajstić information content (AvgIpc) is 2.54. The van der Waals surface area contributed by atoms with Gasteiger partial charge in [-0.25, -0.2) is 5.90 Å². The summed E-state index contributed by atoms with van der Waals surface area (Å²) in [5, 5.41) is 7.18. The van der Waals surface area contributed by atoms with Crippen molar-refractivity contribution in [3.8, 4) is 0 Å². The Morgan fingerprint density at radius 3 is 2.32 bits per heavy atom. The fraction of sp³-hybridized carbons (Fsp3) is 0.400. The van der Waals surface area contributed by atoms with Crippen molar-refractivity contribution in [3.63, 3.8) is 0 Å². The number of anilines is 1. The molecule has 0 aliphatic heterocycles. The van der Waals surface area contributed by atoms with Crippen molar-refractivity contribution in [1.82, 2.24) is 10.6 Å². The van der Waals surface area contributed by atoms with Crippen LogP contribution in [-0.2, 0) is 25.8 Å². The quantitative estimate of drug-likeness (QED) is 0.132. The molecule has 8 nitrogen and oxygen atoms in total. The van der Waals surface area contributed by atoms with Crippen molar-refractivity contribution in [2.75, 3.05) is 5.32 Å². The van der Waals surface area contributed by atoms with E-state index in [1.807, 2.05) is 0 Å². The summed E-state index contributed by atoms with van der Waals surface area (Å²) in [6.07, 6.45) is 1.47. The summed E-state index contributed by atoms with van der Waals surface area (Å²) in [6, 6.07) is 5.94. The van der Waals surface area contributed by atoms with Crippen LogP contribution in [0.2, 0.25) is 0 Å². The molecule has 1 rings (SSSR count). The first kappa shape index (κ1) is 21.6. The summed E-state index contributed by atoms with van der Waals surface area (Å²) in [5.41, 5.74) is 1.34. The third kappa shape index (κ3) is 6.72. The Balaban J connectivity index is 0.00000576. The number of rotatable bonds is 9. The number of benzene rings is 1. The minimum atomic E-state index is -1.26. The van der Waals surface area contributed by atoms with E-state index in [0.717, 1.165) is 5.56 Å². The van der Waals surface area contributed by atoms with Gasteiger partial charge in [-0.2, -0.15) is 6.41 Å². The van der Waals surface area contributed by atoms with Crippen LogP contribution in [0.1, 0.15) is 19.4 Å². The molecule has 0 fully saturated rings. The van der Waals surface area contributed by atoms with Crippen molar-refractivity contribution >= 4 is 31.8 Å². The molecule has 2 atom stereocenters. The van der Waals surface area contributed by atoms with E-state index in [9.17, 15) is 14.4 Å². The maximum Gasteiger partial charge on any atom is 0.240 e. The predicted octanol–water partition coefficient (Wildman–Crippen LogP) is -0.692. The Morgan fingerprint density at radius 1 is 1.24 bits per heavy atom. The minimum absolute atomic E-state index is 0. The van der Waals surface area contributed by atoms with E-state index in [-0.39, 0.29) is 12.5 Å². The minimum Gasteiger partial charge on any atom is -0.520 e. The number of nitrogens with two attached hydrogens (primary N) is 1. The number of hydrogen-bond acceptors (Lipinski definition) is 5. The molecule has 0 aromatic heterocycles. The van der Waals surface area contributed by atoms with E-state index in [2.05, 4.69) is 20.8 Å². The van der Waals surface area contributed by atoms with Crippen LogP contribution in [0.15, 0.2) is 24.3 Å². The second-order valence-electron chi connectivity index (χ2n) is 5.45. The number of carbonyl (C=O) groups is 2. The van der Waals surface area contributed by atoms with Crippen molar-refractivity contribution in [2.24, 2.45) is 11.8 Å². The summed E-state index contributed by atoms with van der Waals surface area (Å²) in [5.74, 6) is 2.37. The van der Waals surface area contributed by atoms with Crippen molar-refractivity contribution in [1.29, 1.82) is 0 Å². The van der Waals surface area contributed by atoms with Gasteiger partial charge in [0.15, 0.2) is 0 Å². The number of amides is 3. The van der Waals surface area contributed by atoms with Gasteiger partial charge in [0.1, 0.15) is 7.85 Å². The van der Waals surface area contributed by atoms with Crippen LogP contribution >= 0.6 is 0 Å². The molecular formula is C15H20BFmN4O4-. The van der Waals surface area contributed by atoms with Crippen LogP contribution in [0.25, 0.3) is 0 Å². The summed E-state index contributed by atoms with van der Waals surface area (Å²) in [4.78, 5) is 39.0. The zero-order chi connectivity index (χ0) is 18.1. The molecule has 0 saturated heterocycles. The van der Waals surface area contributed by atoms with E-state index in [1.54, 1.807) is 38.1 Å². The molecule has 25 heavy (non-hydrogen) atoms. The maximum atomic E-state index is 12.0. The Labute approximate surface area is 141 Å². The second kappa shape index (κ2) is 10.4. The van der Waals surface area contributed by atoms with Gasteiger partial charge in [-0.15, -0.1) is 0 Å². The number of hydrogen-bond donors (Lipinski definition) is 4. The molecule has 2 radical (unpaired) electrons. The number of nitrogens with one attached hydrogen (secondary N) is 3. The second-order valence-corrected chi connectivity index (χ2v) is 5.45. The zero-order valence-electron chi connectivity index (χ0n) is 13.8. The largest absolute Gasteiger partial charge is 0.520 e. The van der Waals surface area contributed by atoms with E-state index >= 15 is 0 Å². The Bertz CT molecular complexity index is 571. The molecular weight excluding hydrogens is 568 g/mol. The molecule has 0 saturated carbocycles. The topological polar surface area (TPSA) is 123 Å². The summed E-state index contributed by atoms with van der Waals surface area (Å²) in [6.45, 7) is 3.74. The molecule has 0 bridgehead atoms. The Hall–Kier alpha value is -3.39. The van der Waals surface area contributed by atoms with Crippen LogP contribution in [-0.4, -0.2) is 38.1 Å². The third-order valence-corrected chi connectivity index (χ3v) is 3.22. The molecule has 1 aromatic rings. The van der Waals surface area contributed by atoms with Crippen LogP contribution in [0.3, 0.4) is 0 Å². The molecule has 5 N–H and O–H groups in total. The third-order valence-electron chi connectivity index (χ3n) is 3.22. The van der Waals surface area contributed by atoms with Crippen LogP contribution in [0, 0.1) is 5.92 Å². The molecule has 1 aromatic carbocycles. The first-order valence-electron chi connectivity index (χ1n) is 7.29. The molecule has 10 heteroatoms. The van der Waals surface area contributed by atoms with Gasteiger partial charge in [0, 0.05) is 5.69 Å². The molecule has 1 unspecified atom stereocenters. The van der Waals surface area contributed by atoms with Gasteiger partial charge in [-0.3, -0.25) is 14.4 Å². The van der Waals surface area contributed by atoms with Gasteiger partial charge in [0.05, 0.1) is 18.6 Å². The van der Waals surface area contributed by atoms with Gasteiger partial charge in [0.2, 0.25) is 11.8 Å². The molecule has 0 heterocycles.